The third kappa shape index (κ3) is 3.53. The van der Waals surface area contributed by atoms with Crippen LogP contribution in [0, 0.1) is 5.92 Å². The lowest BCUT2D eigenvalue weighted by Gasteiger charge is -2.15. The first kappa shape index (κ1) is 14.0. The van der Waals surface area contributed by atoms with Gasteiger partial charge in [-0.3, -0.25) is 0 Å². The number of anilines is 2. The Kier molecular flexibility index (Phi) is 4.19. The number of benzene rings is 1. The first-order valence-electron chi connectivity index (χ1n) is 6.47. The fraction of sp³-hybridized carbons (Fsp3) is 0.538. The van der Waals surface area contributed by atoms with Gasteiger partial charge < -0.3 is 15.8 Å². The summed E-state index contributed by atoms with van der Waals surface area (Å²) in [5, 5.41) is 3.22. The van der Waals surface area contributed by atoms with E-state index >= 15 is 0 Å². The number of hydrogen-bond donors (Lipinski definition) is 2. The van der Waals surface area contributed by atoms with Gasteiger partial charge in [-0.05, 0) is 31.4 Å². The molecule has 0 bridgehead atoms. The van der Waals surface area contributed by atoms with Gasteiger partial charge in [-0.15, -0.1) is 0 Å². The molecular formula is C13H20N2O3S. The van der Waals surface area contributed by atoms with E-state index in [0.717, 1.165) is 12.1 Å². The molecule has 5 nitrogen and oxygen atoms in total. The number of rotatable bonds is 5. The molecule has 0 radical (unpaired) electrons. The summed E-state index contributed by atoms with van der Waals surface area (Å²) in [5.74, 6) is 1.39. The van der Waals surface area contributed by atoms with Crippen molar-refractivity contribution in [1.29, 1.82) is 0 Å². The average Bonchev–Trinajstić information content (AvgIpc) is 2.70. The molecule has 0 spiro atoms. The molecule has 6 heteroatoms. The van der Waals surface area contributed by atoms with Crippen LogP contribution in [0.3, 0.4) is 0 Å². The number of nitrogens with two attached hydrogens (primary N) is 1. The molecular weight excluding hydrogens is 264 g/mol. The molecule has 1 atom stereocenters. The highest BCUT2D eigenvalue weighted by atomic mass is 32.2. The molecule has 0 aromatic heterocycles. The fourth-order valence-electron chi connectivity index (χ4n) is 2.27. The van der Waals surface area contributed by atoms with E-state index in [1.807, 2.05) is 25.1 Å². The normalized spacial score (nSPS) is 21.2. The highest BCUT2D eigenvalue weighted by molar-refractivity contribution is 7.91. The maximum Gasteiger partial charge on any atom is 0.150 e. The zero-order valence-corrected chi connectivity index (χ0v) is 11.9. The molecule has 0 saturated carbocycles. The number of nitrogen functional groups attached to an aromatic ring is 1. The summed E-state index contributed by atoms with van der Waals surface area (Å²) in [5.41, 5.74) is 7.38. The minimum absolute atomic E-state index is 0.167. The van der Waals surface area contributed by atoms with E-state index in [1.54, 1.807) is 0 Å². The smallest absolute Gasteiger partial charge is 0.150 e. The number of sulfone groups is 1. The van der Waals surface area contributed by atoms with Gasteiger partial charge in [0.1, 0.15) is 5.75 Å². The maximum absolute atomic E-state index is 11.4. The van der Waals surface area contributed by atoms with Crippen LogP contribution in [0.15, 0.2) is 18.2 Å². The molecule has 19 heavy (non-hydrogen) atoms. The molecule has 3 N–H and O–H groups in total. The van der Waals surface area contributed by atoms with Crippen LogP contribution in [0.5, 0.6) is 5.75 Å². The van der Waals surface area contributed by atoms with Crippen LogP contribution in [0.2, 0.25) is 0 Å². The van der Waals surface area contributed by atoms with E-state index in [4.69, 9.17) is 10.5 Å². The Hall–Kier alpha value is -1.43. The second-order valence-corrected chi connectivity index (χ2v) is 7.03. The number of hydrogen-bond acceptors (Lipinski definition) is 5. The zero-order chi connectivity index (χ0) is 13.9. The summed E-state index contributed by atoms with van der Waals surface area (Å²) in [6.45, 7) is 3.09. The van der Waals surface area contributed by atoms with Crippen molar-refractivity contribution in [2.24, 2.45) is 5.92 Å². The van der Waals surface area contributed by atoms with Crippen molar-refractivity contribution < 1.29 is 13.2 Å². The van der Waals surface area contributed by atoms with Crippen molar-refractivity contribution in [3.8, 4) is 5.75 Å². The van der Waals surface area contributed by atoms with Crippen LogP contribution >= 0.6 is 0 Å². The average molecular weight is 284 g/mol. The van der Waals surface area contributed by atoms with Crippen LogP contribution in [-0.4, -0.2) is 33.1 Å². The molecule has 1 fully saturated rings. The highest BCUT2D eigenvalue weighted by Gasteiger charge is 2.27. The Morgan fingerprint density at radius 1 is 1.47 bits per heavy atom. The summed E-state index contributed by atoms with van der Waals surface area (Å²) in [4.78, 5) is 0. The summed E-state index contributed by atoms with van der Waals surface area (Å²) in [7, 11) is -2.82. The molecule has 1 aliphatic rings. The lowest BCUT2D eigenvalue weighted by molar-refractivity contribution is 0.342. The predicted octanol–water partition coefficient (Wildman–Crippen LogP) is 1.51. The van der Waals surface area contributed by atoms with Gasteiger partial charge in [-0.25, -0.2) is 8.42 Å². The SMILES string of the molecule is CCOc1cccc(NCC2CCS(=O)(=O)C2)c1N. The van der Waals surface area contributed by atoms with Crippen LogP contribution in [0.25, 0.3) is 0 Å². The van der Waals surface area contributed by atoms with Crippen molar-refractivity contribution in [1.82, 2.24) is 0 Å². The van der Waals surface area contributed by atoms with E-state index in [-0.39, 0.29) is 11.7 Å². The molecule has 1 saturated heterocycles. The summed E-state index contributed by atoms with van der Waals surface area (Å²) in [6, 6.07) is 5.57. The van der Waals surface area contributed by atoms with Crippen molar-refractivity contribution in [3.63, 3.8) is 0 Å². The Morgan fingerprint density at radius 3 is 2.89 bits per heavy atom. The summed E-state index contributed by atoms with van der Waals surface area (Å²) >= 11 is 0. The lowest BCUT2D eigenvalue weighted by Crippen LogP contribution is -2.16. The molecule has 0 amide bonds. The summed E-state index contributed by atoms with van der Waals surface area (Å²) in [6.07, 6.45) is 0.723. The quantitative estimate of drug-likeness (QED) is 0.801. The molecule has 1 heterocycles. The van der Waals surface area contributed by atoms with Crippen LogP contribution < -0.4 is 15.8 Å². The minimum atomic E-state index is -2.82. The van der Waals surface area contributed by atoms with E-state index < -0.39 is 9.84 Å². The predicted molar refractivity (Wildman–Crippen MR) is 77.3 cm³/mol. The maximum atomic E-state index is 11.4. The van der Waals surface area contributed by atoms with Gasteiger partial charge >= 0.3 is 0 Å². The molecule has 106 valence electrons. The van der Waals surface area contributed by atoms with Crippen LogP contribution in [0.1, 0.15) is 13.3 Å². The Bertz CT molecular complexity index is 543. The van der Waals surface area contributed by atoms with Gasteiger partial charge in [0.15, 0.2) is 9.84 Å². The topological polar surface area (TPSA) is 81.4 Å². The Labute approximate surface area is 114 Å². The number of para-hydroxylation sites is 1. The minimum Gasteiger partial charge on any atom is -0.492 e. The highest BCUT2D eigenvalue weighted by Crippen LogP contribution is 2.30. The van der Waals surface area contributed by atoms with E-state index in [2.05, 4.69) is 5.32 Å². The first-order chi connectivity index (χ1) is 9.02. The van der Waals surface area contributed by atoms with E-state index in [9.17, 15) is 8.42 Å². The molecule has 1 unspecified atom stereocenters. The molecule has 2 rings (SSSR count). The van der Waals surface area contributed by atoms with Gasteiger partial charge in [-0.1, -0.05) is 6.07 Å². The van der Waals surface area contributed by atoms with Gasteiger partial charge in [0.2, 0.25) is 0 Å². The van der Waals surface area contributed by atoms with Crippen molar-refractivity contribution in [2.75, 3.05) is 35.7 Å². The van der Waals surface area contributed by atoms with Gasteiger partial charge in [0.25, 0.3) is 0 Å². The summed E-state index contributed by atoms with van der Waals surface area (Å²) < 4.78 is 28.2. The van der Waals surface area contributed by atoms with Crippen LogP contribution in [0.4, 0.5) is 11.4 Å². The molecule has 0 aliphatic carbocycles. The molecule has 1 aliphatic heterocycles. The van der Waals surface area contributed by atoms with E-state index in [1.165, 1.54) is 0 Å². The monoisotopic (exact) mass is 284 g/mol. The van der Waals surface area contributed by atoms with Gasteiger partial charge in [0.05, 0.1) is 29.5 Å². The van der Waals surface area contributed by atoms with Crippen molar-refractivity contribution >= 4 is 21.2 Å². The second-order valence-electron chi connectivity index (χ2n) is 4.80. The third-order valence-corrected chi connectivity index (χ3v) is 5.11. The molecule has 1 aromatic rings. The van der Waals surface area contributed by atoms with E-state index in [0.29, 0.717) is 30.3 Å². The second kappa shape index (κ2) is 5.69. The Balaban J connectivity index is 1.98. The standard InChI is InChI=1S/C13H20N2O3S/c1-2-18-12-5-3-4-11(13(12)14)15-8-10-6-7-19(16,17)9-10/h3-5,10,15H,2,6-9,14H2,1H3. The molecule has 1 aromatic carbocycles. The van der Waals surface area contributed by atoms with Crippen molar-refractivity contribution in [2.45, 2.75) is 13.3 Å². The van der Waals surface area contributed by atoms with Gasteiger partial charge in [-0.2, -0.15) is 0 Å². The third-order valence-electron chi connectivity index (χ3n) is 3.27. The van der Waals surface area contributed by atoms with Crippen molar-refractivity contribution in [3.05, 3.63) is 18.2 Å². The number of nitrogens with one attached hydrogen (secondary N) is 1. The lowest BCUT2D eigenvalue weighted by atomic mass is 10.1. The van der Waals surface area contributed by atoms with Gasteiger partial charge in [0, 0.05) is 6.54 Å². The Morgan fingerprint density at radius 2 is 2.26 bits per heavy atom. The van der Waals surface area contributed by atoms with Crippen LogP contribution in [-0.2, 0) is 9.84 Å². The fourth-order valence-corrected chi connectivity index (χ4v) is 4.13. The zero-order valence-electron chi connectivity index (χ0n) is 11.1. The largest absolute Gasteiger partial charge is 0.492 e. The first-order valence-corrected chi connectivity index (χ1v) is 8.29. The number of ether oxygens (including phenoxy) is 1.